The summed E-state index contributed by atoms with van der Waals surface area (Å²) < 4.78 is 1.80. The van der Waals surface area contributed by atoms with Gasteiger partial charge in [-0.3, -0.25) is 14.5 Å². The van der Waals surface area contributed by atoms with E-state index in [4.69, 9.17) is 5.11 Å². The Hall–Kier alpha value is -2.94. The van der Waals surface area contributed by atoms with Crippen molar-refractivity contribution in [2.45, 2.75) is 107 Å². The Bertz CT molecular complexity index is 1160. The van der Waals surface area contributed by atoms with Crippen LogP contribution in [0.5, 0.6) is 0 Å². The summed E-state index contributed by atoms with van der Waals surface area (Å²) in [5.41, 5.74) is 0.949. The molecule has 0 spiro atoms. The minimum Gasteiger partial charge on any atom is -0.481 e. The maximum absolute atomic E-state index is 13.7. The van der Waals surface area contributed by atoms with E-state index in [1.807, 2.05) is 24.3 Å². The van der Waals surface area contributed by atoms with Gasteiger partial charge in [0, 0.05) is 24.2 Å². The van der Waals surface area contributed by atoms with Crippen molar-refractivity contribution in [1.29, 1.82) is 0 Å². The molecule has 0 amide bonds. The number of carbonyl (C=O) groups is 2. The highest BCUT2D eigenvalue weighted by Gasteiger charge is 2.44. The van der Waals surface area contributed by atoms with Crippen LogP contribution in [0.3, 0.4) is 0 Å². The average molecular weight is 497 g/mol. The van der Waals surface area contributed by atoms with Crippen molar-refractivity contribution in [2.24, 2.45) is 0 Å². The Morgan fingerprint density at radius 3 is 2.19 bits per heavy atom. The van der Waals surface area contributed by atoms with Crippen molar-refractivity contribution in [1.82, 2.24) is 14.5 Å². The molecule has 1 aromatic carbocycles. The van der Waals surface area contributed by atoms with Crippen molar-refractivity contribution in [3.05, 3.63) is 34.6 Å². The molecule has 4 atom stereocenters. The first-order valence-corrected chi connectivity index (χ1v) is 13.4. The van der Waals surface area contributed by atoms with Crippen molar-refractivity contribution in [3.63, 3.8) is 0 Å². The third kappa shape index (κ3) is 4.98. The minimum absolute atomic E-state index is 0.00370. The molecular formula is C27H36N4O5. The van der Waals surface area contributed by atoms with E-state index in [-0.39, 0.29) is 17.4 Å². The van der Waals surface area contributed by atoms with Gasteiger partial charge in [0.2, 0.25) is 0 Å². The van der Waals surface area contributed by atoms with Crippen molar-refractivity contribution < 1.29 is 19.8 Å². The summed E-state index contributed by atoms with van der Waals surface area (Å²) >= 11 is 0. The molecule has 2 bridgehead atoms. The largest absolute Gasteiger partial charge is 0.481 e. The number of aliphatic carboxylic acids is 2. The van der Waals surface area contributed by atoms with Gasteiger partial charge in [0.15, 0.2) is 5.82 Å². The van der Waals surface area contributed by atoms with Gasteiger partial charge in [0.1, 0.15) is 6.04 Å². The molecule has 194 valence electrons. The molecule has 2 saturated heterocycles. The number of hydrogen-bond acceptors (Lipinski definition) is 6. The number of fused-ring (bicyclic) bond motifs is 3. The van der Waals surface area contributed by atoms with Gasteiger partial charge in [-0.1, -0.05) is 44.2 Å². The van der Waals surface area contributed by atoms with Crippen molar-refractivity contribution in [2.75, 3.05) is 5.32 Å². The first kappa shape index (κ1) is 24.7. The van der Waals surface area contributed by atoms with E-state index in [9.17, 15) is 19.5 Å². The molecule has 2 aliphatic heterocycles. The van der Waals surface area contributed by atoms with E-state index >= 15 is 0 Å². The number of nitrogens with one attached hydrogen (secondary N) is 1. The van der Waals surface area contributed by atoms with Crippen LogP contribution in [0.2, 0.25) is 0 Å². The predicted octanol–water partition coefficient (Wildman–Crippen LogP) is 4.02. The molecule has 3 N–H and O–H groups in total. The Labute approximate surface area is 210 Å². The van der Waals surface area contributed by atoms with Gasteiger partial charge < -0.3 is 20.1 Å². The maximum atomic E-state index is 13.7. The molecular weight excluding hydrogens is 460 g/mol. The zero-order valence-corrected chi connectivity index (χ0v) is 20.6. The fourth-order valence-electron chi connectivity index (χ4n) is 6.87. The number of aromatic nitrogens is 2. The first-order chi connectivity index (χ1) is 17.4. The van der Waals surface area contributed by atoms with Gasteiger partial charge in [-0.15, -0.1) is 0 Å². The van der Waals surface area contributed by atoms with Crippen LogP contribution in [0, 0.1) is 0 Å². The lowest BCUT2D eigenvalue weighted by molar-refractivity contribution is -0.144. The van der Waals surface area contributed by atoms with E-state index in [1.165, 1.54) is 44.9 Å². The van der Waals surface area contributed by atoms with Crippen LogP contribution in [0.4, 0.5) is 5.82 Å². The van der Waals surface area contributed by atoms with Gasteiger partial charge in [0.25, 0.3) is 5.56 Å². The van der Waals surface area contributed by atoms with Gasteiger partial charge in [0.05, 0.1) is 17.5 Å². The predicted molar refractivity (Wildman–Crippen MR) is 136 cm³/mol. The van der Waals surface area contributed by atoms with Crippen LogP contribution in [0.1, 0.15) is 83.1 Å². The number of piperidine rings is 1. The number of carboxylic acid groups (broad SMARTS) is 2. The zero-order valence-electron chi connectivity index (χ0n) is 20.6. The summed E-state index contributed by atoms with van der Waals surface area (Å²) in [4.78, 5) is 43.7. The van der Waals surface area contributed by atoms with Gasteiger partial charge in [-0.25, -0.2) is 9.78 Å². The lowest BCUT2D eigenvalue weighted by Crippen LogP contribution is -2.50. The first-order valence-electron chi connectivity index (χ1n) is 13.4. The Kier molecular flexibility index (Phi) is 7.27. The van der Waals surface area contributed by atoms with Gasteiger partial charge in [-0.05, 0) is 50.7 Å². The summed E-state index contributed by atoms with van der Waals surface area (Å²) in [6.07, 6.45) is 12.6. The van der Waals surface area contributed by atoms with Crippen molar-refractivity contribution in [3.8, 4) is 0 Å². The molecule has 5 rings (SSSR count). The zero-order chi connectivity index (χ0) is 25.2. The third-order valence-electron chi connectivity index (χ3n) is 8.41. The molecule has 9 heteroatoms. The smallest absolute Gasteiger partial charge is 0.326 e. The average Bonchev–Trinajstić information content (AvgIpc) is 3.07. The minimum atomic E-state index is -1.44. The highest BCUT2D eigenvalue weighted by Crippen LogP contribution is 2.44. The topological polar surface area (TPSA) is 125 Å². The summed E-state index contributed by atoms with van der Waals surface area (Å²) in [6, 6.07) is 7.52. The van der Waals surface area contributed by atoms with E-state index in [2.05, 4.69) is 15.2 Å². The molecule has 1 aliphatic carbocycles. The molecule has 3 aliphatic rings. The lowest BCUT2D eigenvalue weighted by Gasteiger charge is -2.45. The molecule has 9 nitrogen and oxygen atoms in total. The molecule has 3 heterocycles. The number of para-hydroxylation sites is 2. The normalized spacial score (nSPS) is 26.3. The number of anilines is 1. The Morgan fingerprint density at radius 2 is 1.56 bits per heavy atom. The number of nitrogens with zero attached hydrogens (tertiary/aromatic N) is 3. The third-order valence-corrected chi connectivity index (χ3v) is 8.41. The van der Waals surface area contributed by atoms with Crippen LogP contribution in [0.25, 0.3) is 11.0 Å². The molecule has 2 aromatic rings. The quantitative estimate of drug-likeness (QED) is 0.525. The molecule has 1 saturated carbocycles. The molecule has 3 fully saturated rings. The van der Waals surface area contributed by atoms with Crippen molar-refractivity contribution >= 4 is 28.8 Å². The SMILES string of the molecule is O=C(O)C[C@@H](Nc1nc2ccccc2n([C@H]2C[C@H]3CC[C@@H](C2)N3C2CCCCCCC2)c1=O)C(=O)O. The molecule has 0 radical (unpaired) electrons. The number of benzene rings is 1. The van der Waals surface area contributed by atoms with Crippen LogP contribution in [-0.2, 0) is 9.59 Å². The number of hydrogen-bond donors (Lipinski definition) is 3. The number of rotatable bonds is 7. The summed E-state index contributed by atoms with van der Waals surface area (Å²) in [6.45, 7) is 0. The molecule has 0 unspecified atom stereocenters. The highest BCUT2D eigenvalue weighted by atomic mass is 16.4. The Balaban J connectivity index is 1.46. The van der Waals surface area contributed by atoms with E-state index in [1.54, 1.807) is 4.57 Å². The fourth-order valence-corrected chi connectivity index (χ4v) is 6.87. The second-order valence-corrected chi connectivity index (χ2v) is 10.7. The van der Waals surface area contributed by atoms with E-state index in [0.29, 0.717) is 23.6 Å². The van der Waals surface area contributed by atoms with Gasteiger partial charge >= 0.3 is 11.9 Å². The summed E-state index contributed by atoms with van der Waals surface area (Å²) in [5, 5.41) is 21.3. The number of carboxylic acids is 2. The second-order valence-electron chi connectivity index (χ2n) is 10.7. The van der Waals surface area contributed by atoms with Crippen LogP contribution in [0.15, 0.2) is 29.1 Å². The second kappa shape index (κ2) is 10.6. The Morgan fingerprint density at radius 1 is 0.917 bits per heavy atom. The summed E-state index contributed by atoms with van der Waals surface area (Å²) in [7, 11) is 0. The fraction of sp³-hybridized carbons (Fsp3) is 0.630. The monoisotopic (exact) mass is 496 g/mol. The highest BCUT2D eigenvalue weighted by molar-refractivity contribution is 5.84. The van der Waals surface area contributed by atoms with Crippen LogP contribution < -0.4 is 10.9 Å². The standard InChI is InChI=1S/C27H36N4O5/c32-24(33)16-22(27(35)36)29-25-26(34)31(23-11-7-6-10-21(23)28-25)20-14-18-12-13-19(15-20)30(18)17-8-4-2-1-3-5-9-17/h6-7,10-11,17-20,22H,1-5,8-9,12-16H2,(H,28,29)(H,32,33)(H,35,36)/t18-,19+,20+,22-/m1/s1. The maximum Gasteiger partial charge on any atom is 0.326 e. The lowest BCUT2D eigenvalue weighted by atomic mass is 9.89. The van der Waals surface area contributed by atoms with E-state index in [0.717, 1.165) is 31.2 Å². The van der Waals surface area contributed by atoms with Gasteiger partial charge in [-0.2, -0.15) is 0 Å². The molecule has 36 heavy (non-hydrogen) atoms. The molecule has 1 aromatic heterocycles. The van der Waals surface area contributed by atoms with Crippen LogP contribution >= 0.6 is 0 Å². The van der Waals surface area contributed by atoms with E-state index < -0.39 is 24.4 Å². The van der Waals surface area contributed by atoms with Crippen LogP contribution in [-0.4, -0.2) is 60.8 Å². The summed E-state index contributed by atoms with van der Waals surface area (Å²) in [5.74, 6) is -2.69.